The van der Waals surface area contributed by atoms with Crippen molar-refractivity contribution in [3.8, 4) is 0 Å². The molecule has 0 bridgehead atoms. The normalized spacial score (nSPS) is 13.1. The second-order valence-electron chi connectivity index (χ2n) is 4.42. The Kier molecular flexibility index (Phi) is 4.69. The van der Waals surface area contributed by atoms with Gasteiger partial charge in [0.25, 0.3) is 5.91 Å². The van der Waals surface area contributed by atoms with Crippen LogP contribution in [0.25, 0.3) is 0 Å². The molecule has 4 nitrogen and oxygen atoms in total. The SMILES string of the molecule is O=C(NCC(O)c1ccsc1)c1cccn1CC(F)(F)F. The van der Waals surface area contributed by atoms with Crippen LogP contribution in [-0.2, 0) is 6.54 Å². The summed E-state index contributed by atoms with van der Waals surface area (Å²) in [6.45, 7) is -1.29. The number of hydrogen-bond acceptors (Lipinski definition) is 3. The van der Waals surface area contributed by atoms with Gasteiger partial charge in [0.2, 0.25) is 0 Å². The van der Waals surface area contributed by atoms with Gasteiger partial charge in [-0.25, -0.2) is 0 Å². The summed E-state index contributed by atoms with van der Waals surface area (Å²) in [4.78, 5) is 11.9. The third-order valence-electron chi connectivity index (χ3n) is 2.80. The van der Waals surface area contributed by atoms with Gasteiger partial charge >= 0.3 is 6.18 Å². The van der Waals surface area contributed by atoms with Gasteiger partial charge in [0, 0.05) is 12.7 Å². The zero-order valence-electron chi connectivity index (χ0n) is 10.8. The minimum Gasteiger partial charge on any atom is -0.387 e. The number of rotatable bonds is 5. The molecule has 2 heterocycles. The van der Waals surface area contributed by atoms with Crippen molar-refractivity contribution in [1.29, 1.82) is 0 Å². The fourth-order valence-electron chi connectivity index (χ4n) is 1.81. The van der Waals surface area contributed by atoms with Crippen molar-refractivity contribution in [2.24, 2.45) is 0 Å². The summed E-state index contributed by atoms with van der Waals surface area (Å²) >= 11 is 1.41. The number of carbonyl (C=O) groups excluding carboxylic acids is 1. The average molecular weight is 318 g/mol. The third-order valence-corrected chi connectivity index (χ3v) is 3.50. The Labute approximate surface area is 122 Å². The minimum atomic E-state index is -4.40. The molecule has 21 heavy (non-hydrogen) atoms. The zero-order valence-corrected chi connectivity index (χ0v) is 11.6. The quantitative estimate of drug-likeness (QED) is 0.890. The highest BCUT2D eigenvalue weighted by Gasteiger charge is 2.29. The standard InChI is InChI=1S/C13H13F3N2O2S/c14-13(15,16)8-18-4-1-2-10(18)12(20)17-6-11(19)9-3-5-21-7-9/h1-5,7,11,19H,6,8H2,(H,17,20). The van der Waals surface area contributed by atoms with Crippen LogP contribution < -0.4 is 5.32 Å². The molecule has 0 radical (unpaired) electrons. The van der Waals surface area contributed by atoms with Gasteiger partial charge in [0.05, 0.1) is 6.10 Å². The number of thiophene rings is 1. The van der Waals surface area contributed by atoms with Gasteiger partial charge in [-0.3, -0.25) is 4.79 Å². The highest BCUT2D eigenvalue weighted by molar-refractivity contribution is 7.07. The van der Waals surface area contributed by atoms with E-state index in [0.29, 0.717) is 5.56 Å². The molecule has 2 aromatic heterocycles. The van der Waals surface area contributed by atoms with Crippen LogP contribution in [0.2, 0.25) is 0 Å². The molecule has 0 aliphatic heterocycles. The smallest absolute Gasteiger partial charge is 0.387 e. The highest BCUT2D eigenvalue weighted by atomic mass is 32.1. The maximum atomic E-state index is 12.4. The van der Waals surface area contributed by atoms with Crippen LogP contribution in [0.4, 0.5) is 13.2 Å². The number of halogens is 3. The molecule has 0 saturated heterocycles. The van der Waals surface area contributed by atoms with Crippen molar-refractivity contribution >= 4 is 17.2 Å². The fraction of sp³-hybridized carbons (Fsp3) is 0.308. The summed E-state index contributed by atoms with van der Waals surface area (Å²) in [6, 6.07) is 4.39. The maximum Gasteiger partial charge on any atom is 0.406 e. The Morgan fingerprint density at radius 2 is 2.19 bits per heavy atom. The Hall–Kier alpha value is -1.80. The summed E-state index contributed by atoms with van der Waals surface area (Å²) in [5, 5.41) is 15.8. The van der Waals surface area contributed by atoms with Crippen LogP contribution in [0.5, 0.6) is 0 Å². The number of nitrogens with one attached hydrogen (secondary N) is 1. The number of hydrogen-bond donors (Lipinski definition) is 2. The van der Waals surface area contributed by atoms with Crippen molar-refractivity contribution in [2.75, 3.05) is 6.54 Å². The van der Waals surface area contributed by atoms with Crippen LogP contribution >= 0.6 is 11.3 Å². The molecule has 1 unspecified atom stereocenters. The first-order valence-corrected chi connectivity index (χ1v) is 7.01. The van der Waals surface area contributed by atoms with E-state index in [4.69, 9.17) is 0 Å². The number of alkyl halides is 3. The van der Waals surface area contributed by atoms with Crippen molar-refractivity contribution in [3.63, 3.8) is 0 Å². The lowest BCUT2D eigenvalue weighted by molar-refractivity contribution is -0.140. The minimum absolute atomic E-state index is 0.0627. The topological polar surface area (TPSA) is 54.3 Å². The fourth-order valence-corrected chi connectivity index (χ4v) is 2.52. The summed E-state index contributed by atoms with van der Waals surface area (Å²) in [7, 11) is 0. The molecule has 0 fully saturated rings. The van der Waals surface area contributed by atoms with Gasteiger partial charge in [-0.15, -0.1) is 0 Å². The van der Waals surface area contributed by atoms with E-state index in [-0.39, 0.29) is 12.2 Å². The summed E-state index contributed by atoms with van der Waals surface area (Å²) in [5.41, 5.74) is 0.566. The second kappa shape index (κ2) is 6.31. The van der Waals surface area contributed by atoms with Crippen LogP contribution in [-0.4, -0.2) is 28.3 Å². The molecular weight excluding hydrogens is 305 g/mol. The molecule has 0 aliphatic carbocycles. The summed E-state index contributed by atoms with van der Waals surface area (Å²) < 4.78 is 37.9. The summed E-state index contributed by atoms with van der Waals surface area (Å²) in [6.07, 6.45) is -4.09. The van der Waals surface area contributed by atoms with Crippen molar-refractivity contribution < 1.29 is 23.1 Å². The number of aliphatic hydroxyl groups excluding tert-OH is 1. The van der Waals surface area contributed by atoms with Crippen molar-refractivity contribution in [1.82, 2.24) is 9.88 Å². The van der Waals surface area contributed by atoms with Gasteiger partial charge in [-0.1, -0.05) is 0 Å². The van der Waals surface area contributed by atoms with Crippen LogP contribution in [0.3, 0.4) is 0 Å². The number of aromatic nitrogens is 1. The van der Waals surface area contributed by atoms with E-state index in [1.165, 1.54) is 29.7 Å². The van der Waals surface area contributed by atoms with E-state index < -0.39 is 24.7 Å². The lowest BCUT2D eigenvalue weighted by Gasteiger charge is -2.13. The Morgan fingerprint density at radius 1 is 1.43 bits per heavy atom. The van der Waals surface area contributed by atoms with E-state index in [1.807, 2.05) is 0 Å². The average Bonchev–Trinajstić information content (AvgIpc) is 3.04. The number of aliphatic hydroxyl groups is 1. The van der Waals surface area contributed by atoms with Crippen LogP contribution in [0, 0.1) is 0 Å². The molecule has 2 aromatic rings. The lowest BCUT2D eigenvalue weighted by Crippen LogP contribution is -2.31. The first-order chi connectivity index (χ1) is 9.87. The molecule has 114 valence electrons. The molecular formula is C13H13F3N2O2S. The van der Waals surface area contributed by atoms with Gasteiger partial charge in [-0.2, -0.15) is 24.5 Å². The molecule has 1 amide bonds. The van der Waals surface area contributed by atoms with Crippen LogP contribution in [0.1, 0.15) is 22.2 Å². The van der Waals surface area contributed by atoms with E-state index in [0.717, 1.165) is 4.57 Å². The highest BCUT2D eigenvalue weighted by Crippen LogP contribution is 2.19. The van der Waals surface area contributed by atoms with Crippen molar-refractivity contribution in [2.45, 2.75) is 18.8 Å². The van der Waals surface area contributed by atoms with E-state index in [9.17, 15) is 23.1 Å². The number of nitrogens with zero attached hydrogens (tertiary/aromatic N) is 1. The molecule has 0 aromatic carbocycles. The monoisotopic (exact) mass is 318 g/mol. The Bertz CT molecular complexity index is 593. The molecule has 2 rings (SSSR count). The predicted octanol–water partition coefficient (Wildman–Crippen LogP) is 2.58. The molecule has 8 heteroatoms. The number of carbonyl (C=O) groups is 1. The largest absolute Gasteiger partial charge is 0.406 e. The van der Waals surface area contributed by atoms with E-state index in [1.54, 1.807) is 16.8 Å². The van der Waals surface area contributed by atoms with Gasteiger partial charge in [0.15, 0.2) is 0 Å². The molecule has 1 atom stereocenters. The zero-order chi connectivity index (χ0) is 15.5. The first kappa shape index (κ1) is 15.6. The first-order valence-electron chi connectivity index (χ1n) is 6.07. The Balaban J connectivity index is 1.96. The van der Waals surface area contributed by atoms with Crippen molar-refractivity contribution in [3.05, 3.63) is 46.4 Å². The molecule has 0 aliphatic rings. The molecule has 2 N–H and O–H groups in total. The van der Waals surface area contributed by atoms with E-state index >= 15 is 0 Å². The molecule has 0 saturated carbocycles. The predicted molar refractivity (Wildman–Crippen MR) is 72.1 cm³/mol. The van der Waals surface area contributed by atoms with Gasteiger partial charge < -0.3 is 15.0 Å². The lowest BCUT2D eigenvalue weighted by atomic mass is 10.2. The van der Waals surface area contributed by atoms with Crippen LogP contribution in [0.15, 0.2) is 35.2 Å². The maximum absolute atomic E-state index is 12.4. The number of amides is 1. The van der Waals surface area contributed by atoms with Gasteiger partial charge in [-0.05, 0) is 34.5 Å². The second-order valence-corrected chi connectivity index (χ2v) is 5.20. The molecule has 0 spiro atoms. The summed E-state index contributed by atoms with van der Waals surface area (Å²) in [5.74, 6) is -0.654. The van der Waals surface area contributed by atoms with Gasteiger partial charge in [0.1, 0.15) is 12.2 Å². The third kappa shape index (κ3) is 4.33. The Morgan fingerprint density at radius 3 is 2.81 bits per heavy atom. The van der Waals surface area contributed by atoms with E-state index in [2.05, 4.69) is 5.32 Å².